The molecule has 2 atom stereocenters. The molecule has 2 aromatic carbocycles. The number of hydrogen-bond acceptors (Lipinski definition) is 3. The average molecular weight is 283 g/mol. The van der Waals surface area contributed by atoms with Gasteiger partial charge >= 0.3 is 0 Å². The van der Waals surface area contributed by atoms with Crippen molar-refractivity contribution in [2.75, 3.05) is 20.1 Å². The first-order chi connectivity index (χ1) is 10.2. The van der Waals surface area contributed by atoms with E-state index >= 15 is 0 Å². The zero-order chi connectivity index (χ0) is 14.7. The van der Waals surface area contributed by atoms with E-state index in [0.29, 0.717) is 5.92 Å². The fourth-order valence-corrected chi connectivity index (χ4v) is 2.95. The minimum absolute atomic E-state index is 0.174. The molecule has 1 aliphatic rings. The molecule has 0 unspecified atom stereocenters. The summed E-state index contributed by atoms with van der Waals surface area (Å²) in [6, 6.07) is 17.6. The summed E-state index contributed by atoms with van der Waals surface area (Å²) in [5, 5.41) is 9.37. The molecular formula is C18H21NO2. The first-order valence-electron chi connectivity index (χ1n) is 7.41. The van der Waals surface area contributed by atoms with Gasteiger partial charge in [-0.1, -0.05) is 30.3 Å². The maximum Gasteiger partial charge on any atom is 0.120 e. The van der Waals surface area contributed by atoms with Gasteiger partial charge in [-0.05, 0) is 43.3 Å². The standard InChI is InChI=1S/C18H21NO2/c1-19-12-11-18(21-16-9-7-15(20)8-10-16)17(13-19)14-5-3-2-4-6-14/h2-10,17-18,20H,11-13H2,1H3/t17-,18-/m0/s1. The van der Waals surface area contributed by atoms with Crippen LogP contribution in [-0.4, -0.2) is 36.2 Å². The zero-order valence-corrected chi connectivity index (χ0v) is 12.3. The number of piperidine rings is 1. The predicted molar refractivity (Wildman–Crippen MR) is 83.8 cm³/mol. The van der Waals surface area contributed by atoms with E-state index in [4.69, 9.17) is 4.74 Å². The summed E-state index contributed by atoms with van der Waals surface area (Å²) in [5.41, 5.74) is 1.33. The Kier molecular flexibility index (Phi) is 4.11. The summed E-state index contributed by atoms with van der Waals surface area (Å²) >= 11 is 0. The normalized spacial score (nSPS) is 22.9. The molecular weight excluding hydrogens is 262 g/mol. The number of likely N-dealkylation sites (N-methyl/N-ethyl adjacent to an activating group) is 1. The lowest BCUT2D eigenvalue weighted by molar-refractivity contribution is 0.0901. The molecule has 1 fully saturated rings. The van der Waals surface area contributed by atoms with Crippen LogP contribution in [0.2, 0.25) is 0 Å². The largest absolute Gasteiger partial charge is 0.508 e. The number of aromatic hydroxyl groups is 1. The minimum Gasteiger partial charge on any atom is -0.508 e. The van der Waals surface area contributed by atoms with Gasteiger partial charge in [-0.2, -0.15) is 0 Å². The van der Waals surface area contributed by atoms with Crippen LogP contribution in [0.25, 0.3) is 0 Å². The molecule has 3 rings (SSSR count). The Bertz CT molecular complexity index is 568. The summed E-state index contributed by atoms with van der Waals surface area (Å²) in [5.74, 6) is 1.47. The Morgan fingerprint density at radius 2 is 1.76 bits per heavy atom. The van der Waals surface area contributed by atoms with E-state index in [1.165, 1.54) is 5.56 Å². The number of nitrogens with zero attached hydrogens (tertiary/aromatic N) is 1. The highest BCUT2D eigenvalue weighted by Gasteiger charge is 2.30. The molecule has 0 spiro atoms. The second kappa shape index (κ2) is 6.19. The third-order valence-electron chi connectivity index (χ3n) is 4.10. The number of hydrogen-bond donors (Lipinski definition) is 1. The predicted octanol–water partition coefficient (Wildman–Crippen LogP) is 3.26. The highest BCUT2D eigenvalue weighted by Crippen LogP contribution is 2.30. The second-order valence-corrected chi connectivity index (χ2v) is 5.72. The molecule has 3 heteroatoms. The topological polar surface area (TPSA) is 32.7 Å². The molecule has 0 saturated carbocycles. The first kappa shape index (κ1) is 14.0. The first-order valence-corrected chi connectivity index (χ1v) is 7.41. The van der Waals surface area contributed by atoms with Crippen molar-refractivity contribution in [2.45, 2.75) is 18.4 Å². The van der Waals surface area contributed by atoms with E-state index in [9.17, 15) is 5.11 Å². The van der Waals surface area contributed by atoms with Gasteiger partial charge in [0.2, 0.25) is 0 Å². The number of benzene rings is 2. The second-order valence-electron chi connectivity index (χ2n) is 5.72. The molecule has 2 aromatic rings. The lowest BCUT2D eigenvalue weighted by Gasteiger charge is -2.37. The maximum absolute atomic E-state index is 9.37. The fraction of sp³-hybridized carbons (Fsp3) is 0.333. The molecule has 0 amide bonds. The van der Waals surface area contributed by atoms with Gasteiger partial charge in [-0.3, -0.25) is 0 Å². The number of ether oxygens (including phenoxy) is 1. The summed E-state index contributed by atoms with van der Waals surface area (Å²) < 4.78 is 6.19. The van der Waals surface area contributed by atoms with E-state index < -0.39 is 0 Å². The molecule has 1 aliphatic heterocycles. The van der Waals surface area contributed by atoms with Crippen molar-refractivity contribution in [3.8, 4) is 11.5 Å². The zero-order valence-electron chi connectivity index (χ0n) is 12.3. The Labute approximate surface area is 125 Å². The number of phenolic OH excluding ortho intramolecular Hbond substituents is 1. The van der Waals surface area contributed by atoms with E-state index in [-0.39, 0.29) is 11.9 Å². The smallest absolute Gasteiger partial charge is 0.120 e. The van der Waals surface area contributed by atoms with Crippen molar-refractivity contribution in [1.82, 2.24) is 4.90 Å². The summed E-state index contributed by atoms with van der Waals surface area (Å²) in [4.78, 5) is 2.36. The lowest BCUT2D eigenvalue weighted by Crippen LogP contribution is -2.42. The number of phenols is 1. The van der Waals surface area contributed by atoms with E-state index in [1.807, 2.05) is 18.2 Å². The Morgan fingerprint density at radius 3 is 2.48 bits per heavy atom. The van der Waals surface area contributed by atoms with Crippen LogP contribution in [0, 0.1) is 0 Å². The van der Waals surface area contributed by atoms with Gasteiger partial charge in [0.15, 0.2) is 0 Å². The average Bonchev–Trinajstić information content (AvgIpc) is 2.52. The van der Waals surface area contributed by atoms with Crippen molar-refractivity contribution in [1.29, 1.82) is 0 Å². The molecule has 21 heavy (non-hydrogen) atoms. The fourth-order valence-electron chi connectivity index (χ4n) is 2.95. The highest BCUT2D eigenvalue weighted by molar-refractivity contribution is 5.31. The Hall–Kier alpha value is -2.00. The van der Waals surface area contributed by atoms with Gasteiger partial charge in [0.25, 0.3) is 0 Å². The maximum atomic E-state index is 9.37. The van der Waals surface area contributed by atoms with Crippen LogP contribution in [0.4, 0.5) is 0 Å². The van der Waals surface area contributed by atoms with Crippen LogP contribution in [-0.2, 0) is 0 Å². The van der Waals surface area contributed by atoms with E-state index in [0.717, 1.165) is 25.3 Å². The quantitative estimate of drug-likeness (QED) is 0.938. The third-order valence-corrected chi connectivity index (χ3v) is 4.10. The molecule has 3 nitrogen and oxygen atoms in total. The minimum atomic E-state index is 0.174. The van der Waals surface area contributed by atoms with Gasteiger partial charge in [0, 0.05) is 19.0 Å². The van der Waals surface area contributed by atoms with Gasteiger partial charge < -0.3 is 14.7 Å². The highest BCUT2D eigenvalue weighted by atomic mass is 16.5. The third kappa shape index (κ3) is 3.37. The molecule has 0 aromatic heterocycles. The van der Waals surface area contributed by atoms with Gasteiger partial charge in [0.1, 0.15) is 17.6 Å². The van der Waals surface area contributed by atoms with Gasteiger partial charge in [0.05, 0.1) is 0 Å². The summed E-state index contributed by atoms with van der Waals surface area (Å²) in [6.45, 7) is 2.05. The van der Waals surface area contributed by atoms with Gasteiger partial charge in [-0.15, -0.1) is 0 Å². The number of likely N-dealkylation sites (tertiary alicyclic amines) is 1. The summed E-state index contributed by atoms with van der Waals surface area (Å²) in [7, 11) is 2.16. The number of rotatable bonds is 3. The molecule has 1 heterocycles. The van der Waals surface area contributed by atoms with Crippen LogP contribution in [0.3, 0.4) is 0 Å². The van der Waals surface area contributed by atoms with Crippen LogP contribution in [0.5, 0.6) is 11.5 Å². The van der Waals surface area contributed by atoms with Gasteiger partial charge in [-0.25, -0.2) is 0 Å². The van der Waals surface area contributed by atoms with Crippen LogP contribution in [0.1, 0.15) is 17.9 Å². The molecule has 1 N–H and O–H groups in total. The lowest BCUT2D eigenvalue weighted by atomic mass is 9.88. The SMILES string of the molecule is CN1CC[C@H](Oc2ccc(O)cc2)[C@H](c2ccccc2)C1. The molecule has 1 saturated heterocycles. The Morgan fingerprint density at radius 1 is 1.05 bits per heavy atom. The molecule has 110 valence electrons. The van der Waals surface area contributed by atoms with E-state index in [2.05, 4.69) is 36.2 Å². The summed E-state index contributed by atoms with van der Waals surface area (Å²) in [6.07, 6.45) is 1.19. The van der Waals surface area contributed by atoms with E-state index in [1.54, 1.807) is 12.1 Å². The van der Waals surface area contributed by atoms with Crippen LogP contribution < -0.4 is 4.74 Å². The van der Waals surface area contributed by atoms with Crippen LogP contribution >= 0.6 is 0 Å². The van der Waals surface area contributed by atoms with Crippen molar-refractivity contribution in [3.05, 3.63) is 60.2 Å². The van der Waals surface area contributed by atoms with Crippen LogP contribution in [0.15, 0.2) is 54.6 Å². The van der Waals surface area contributed by atoms with Crippen molar-refractivity contribution in [2.24, 2.45) is 0 Å². The van der Waals surface area contributed by atoms with Crippen molar-refractivity contribution in [3.63, 3.8) is 0 Å². The Balaban J connectivity index is 1.79. The van der Waals surface area contributed by atoms with Crippen molar-refractivity contribution >= 4 is 0 Å². The monoisotopic (exact) mass is 283 g/mol. The molecule has 0 aliphatic carbocycles. The molecule has 0 radical (unpaired) electrons. The van der Waals surface area contributed by atoms with Crippen molar-refractivity contribution < 1.29 is 9.84 Å². The molecule has 0 bridgehead atoms.